The summed E-state index contributed by atoms with van der Waals surface area (Å²) in [6.07, 6.45) is 0. The van der Waals surface area contributed by atoms with Gasteiger partial charge in [-0.05, 0) is 37.3 Å². The molecule has 2 aromatic carbocycles. The quantitative estimate of drug-likeness (QED) is 0.705. The Morgan fingerprint density at radius 3 is 2.71 bits per heavy atom. The molecule has 0 aliphatic carbocycles. The summed E-state index contributed by atoms with van der Waals surface area (Å²) >= 11 is 12.1. The van der Waals surface area contributed by atoms with E-state index in [0.717, 1.165) is 16.7 Å². The van der Waals surface area contributed by atoms with Gasteiger partial charge in [0.1, 0.15) is 5.75 Å². The van der Waals surface area contributed by atoms with E-state index in [-0.39, 0.29) is 5.91 Å². The lowest BCUT2D eigenvalue weighted by molar-refractivity contribution is 0.102. The van der Waals surface area contributed by atoms with Crippen LogP contribution in [0.1, 0.15) is 16.1 Å². The number of aryl methyl sites for hydroxylation is 1. The molecule has 0 unspecified atom stereocenters. The number of nitrogens with one attached hydrogen (secondary N) is 1. The fraction of sp³-hybridized carbons (Fsp3) is 0.111. The fourth-order valence-corrected chi connectivity index (χ4v) is 2.74. The molecule has 0 fully saturated rings. The minimum atomic E-state index is -0.290. The van der Waals surface area contributed by atoms with Crippen LogP contribution >= 0.6 is 23.2 Å². The first-order chi connectivity index (χ1) is 11.5. The Balaban J connectivity index is 1.97. The summed E-state index contributed by atoms with van der Waals surface area (Å²) in [6, 6.07) is 12.4. The van der Waals surface area contributed by atoms with Crippen molar-refractivity contribution < 1.29 is 9.53 Å². The first-order valence-electron chi connectivity index (χ1n) is 7.20. The van der Waals surface area contributed by atoms with E-state index in [9.17, 15) is 4.79 Å². The van der Waals surface area contributed by atoms with E-state index >= 15 is 0 Å². The predicted octanol–water partition coefficient (Wildman–Crippen LogP) is 5.11. The van der Waals surface area contributed by atoms with Gasteiger partial charge in [-0.25, -0.2) is 0 Å². The molecule has 1 heterocycles. The van der Waals surface area contributed by atoms with Gasteiger partial charge in [0.2, 0.25) is 0 Å². The third-order valence-electron chi connectivity index (χ3n) is 3.66. The minimum Gasteiger partial charge on any atom is -0.497 e. The van der Waals surface area contributed by atoms with Crippen LogP contribution in [0, 0.1) is 6.92 Å². The highest BCUT2D eigenvalue weighted by Crippen LogP contribution is 2.30. The topological polar surface area (TPSA) is 51.2 Å². The molecule has 0 saturated heterocycles. The number of carbonyl (C=O) groups excluding carboxylic acids is 1. The molecule has 0 aliphatic heterocycles. The number of fused-ring (bicyclic) bond motifs is 1. The van der Waals surface area contributed by atoms with Gasteiger partial charge in [-0.1, -0.05) is 29.3 Å². The van der Waals surface area contributed by atoms with Crippen molar-refractivity contribution in [1.29, 1.82) is 0 Å². The maximum absolute atomic E-state index is 12.6. The smallest absolute Gasteiger partial charge is 0.257 e. The molecule has 1 N–H and O–H groups in total. The largest absolute Gasteiger partial charge is 0.497 e. The van der Waals surface area contributed by atoms with Crippen molar-refractivity contribution in [2.75, 3.05) is 12.4 Å². The van der Waals surface area contributed by atoms with Gasteiger partial charge >= 0.3 is 0 Å². The zero-order chi connectivity index (χ0) is 17.3. The highest BCUT2D eigenvalue weighted by Gasteiger charge is 2.14. The maximum atomic E-state index is 12.6. The number of methoxy groups -OCH3 is 1. The summed E-state index contributed by atoms with van der Waals surface area (Å²) in [4.78, 5) is 17.1. The molecule has 3 aromatic rings. The number of carbonyl (C=O) groups is 1. The highest BCUT2D eigenvalue weighted by molar-refractivity contribution is 6.44. The summed E-state index contributed by atoms with van der Waals surface area (Å²) in [6.45, 7) is 1.79. The molecule has 0 saturated carbocycles. The summed E-state index contributed by atoms with van der Waals surface area (Å²) in [5.74, 6) is 0.430. The molecule has 1 aromatic heterocycles. The van der Waals surface area contributed by atoms with E-state index in [1.165, 1.54) is 0 Å². The number of hydrogen-bond acceptors (Lipinski definition) is 3. The van der Waals surface area contributed by atoms with Gasteiger partial charge in [-0.15, -0.1) is 0 Å². The van der Waals surface area contributed by atoms with E-state index in [1.807, 2.05) is 18.2 Å². The van der Waals surface area contributed by atoms with Crippen LogP contribution in [0.3, 0.4) is 0 Å². The zero-order valence-corrected chi connectivity index (χ0v) is 14.6. The Labute approximate surface area is 149 Å². The Bertz CT molecular complexity index is 942. The average Bonchev–Trinajstić information content (AvgIpc) is 2.57. The lowest BCUT2D eigenvalue weighted by atomic mass is 10.1. The number of aromatic nitrogens is 1. The van der Waals surface area contributed by atoms with Crippen LogP contribution in [0.5, 0.6) is 5.75 Å². The van der Waals surface area contributed by atoms with Crippen LogP contribution in [-0.4, -0.2) is 18.0 Å². The number of amides is 1. The monoisotopic (exact) mass is 360 g/mol. The molecule has 4 nitrogen and oxygen atoms in total. The number of pyridine rings is 1. The van der Waals surface area contributed by atoms with Gasteiger partial charge in [0.15, 0.2) is 0 Å². The van der Waals surface area contributed by atoms with Gasteiger partial charge in [0.05, 0.1) is 39.6 Å². The van der Waals surface area contributed by atoms with E-state index in [4.69, 9.17) is 27.9 Å². The lowest BCUT2D eigenvalue weighted by Crippen LogP contribution is -2.14. The fourth-order valence-electron chi connectivity index (χ4n) is 2.39. The van der Waals surface area contributed by atoms with Gasteiger partial charge < -0.3 is 10.1 Å². The Kier molecular flexibility index (Phi) is 4.60. The van der Waals surface area contributed by atoms with Gasteiger partial charge in [0.25, 0.3) is 5.91 Å². The van der Waals surface area contributed by atoms with E-state index in [1.54, 1.807) is 38.3 Å². The number of nitrogens with zero attached hydrogens (tertiary/aromatic N) is 1. The van der Waals surface area contributed by atoms with E-state index in [2.05, 4.69) is 10.3 Å². The molecule has 0 spiro atoms. The molecule has 1 amide bonds. The van der Waals surface area contributed by atoms with Crippen molar-refractivity contribution in [2.45, 2.75) is 6.92 Å². The molecular formula is C18H14Cl2N2O2. The van der Waals surface area contributed by atoms with E-state index in [0.29, 0.717) is 27.0 Å². The SMILES string of the molecule is COc1ccc2cc(C(=O)Nc3cccc(Cl)c3Cl)c(C)nc2c1. The van der Waals surface area contributed by atoms with Crippen molar-refractivity contribution in [2.24, 2.45) is 0 Å². The summed E-state index contributed by atoms with van der Waals surface area (Å²) in [5.41, 5.74) is 2.32. The summed E-state index contributed by atoms with van der Waals surface area (Å²) in [7, 11) is 1.60. The molecule has 122 valence electrons. The number of hydrogen-bond donors (Lipinski definition) is 1. The van der Waals surface area contributed by atoms with Crippen LogP contribution in [0.25, 0.3) is 10.9 Å². The number of halogens is 2. The molecule has 6 heteroatoms. The lowest BCUT2D eigenvalue weighted by Gasteiger charge is -2.11. The van der Waals surface area contributed by atoms with Crippen molar-refractivity contribution >= 4 is 45.7 Å². The molecule has 3 rings (SSSR count). The van der Waals surface area contributed by atoms with E-state index < -0.39 is 0 Å². The second kappa shape index (κ2) is 6.67. The number of rotatable bonds is 3. The van der Waals surface area contributed by atoms with Gasteiger partial charge in [-0.3, -0.25) is 9.78 Å². The van der Waals surface area contributed by atoms with Crippen molar-refractivity contribution in [3.63, 3.8) is 0 Å². The number of ether oxygens (including phenoxy) is 1. The number of anilines is 1. The average molecular weight is 361 g/mol. The first-order valence-corrected chi connectivity index (χ1v) is 7.96. The normalized spacial score (nSPS) is 10.7. The molecule has 0 atom stereocenters. The molecule has 24 heavy (non-hydrogen) atoms. The van der Waals surface area contributed by atoms with Crippen LogP contribution in [0.4, 0.5) is 5.69 Å². The van der Waals surface area contributed by atoms with Crippen LogP contribution in [-0.2, 0) is 0 Å². The standard InChI is InChI=1S/C18H14Cl2N2O2/c1-10-13(8-11-6-7-12(24-2)9-16(11)21-10)18(23)22-15-5-3-4-14(19)17(15)20/h3-9H,1-2H3,(H,22,23). The van der Waals surface area contributed by atoms with Crippen LogP contribution < -0.4 is 10.1 Å². The third-order valence-corrected chi connectivity index (χ3v) is 4.48. The molecule has 0 bridgehead atoms. The molecule has 0 aliphatic rings. The Hall–Kier alpha value is -2.30. The highest BCUT2D eigenvalue weighted by atomic mass is 35.5. The van der Waals surface area contributed by atoms with Crippen LogP contribution in [0.2, 0.25) is 10.0 Å². The molecular weight excluding hydrogens is 347 g/mol. The second-order valence-electron chi connectivity index (χ2n) is 5.24. The second-order valence-corrected chi connectivity index (χ2v) is 6.02. The van der Waals surface area contributed by atoms with Gasteiger partial charge in [0, 0.05) is 11.5 Å². The zero-order valence-electron chi connectivity index (χ0n) is 13.1. The van der Waals surface area contributed by atoms with Crippen molar-refractivity contribution in [3.05, 3.63) is 63.8 Å². The third kappa shape index (κ3) is 3.16. The predicted molar refractivity (Wildman–Crippen MR) is 97.4 cm³/mol. The van der Waals surface area contributed by atoms with Crippen LogP contribution in [0.15, 0.2) is 42.5 Å². The van der Waals surface area contributed by atoms with Gasteiger partial charge in [-0.2, -0.15) is 0 Å². The molecule has 0 radical (unpaired) electrons. The summed E-state index contributed by atoms with van der Waals surface area (Å²) in [5, 5.41) is 4.32. The van der Waals surface area contributed by atoms with Crippen molar-refractivity contribution in [1.82, 2.24) is 4.98 Å². The Morgan fingerprint density at radius 2 is 1.96 bits per heavy atom. The Morgan fingerprint density at radius 1 is 1.17 bits per heavy atom. The summed E-state index contributed by atoms with van der Waals surface area (Å²) < 4.78 is 5.20. The minimum absolute atomic E-state index is 0.290. The number of benzene rings is 2. The van der Waals surface area contributed by atoms with Crippen molar-refractivity contribution in [3.8, 4) is 5.75 Å². The first kappa shape index (κ1) is 16.6. The maximum Gasteiger partial charge on any atom is 0.257 e.